The molecule has 2 amide bonds. The Hall–Kier alpha value is -1.30. The van der Waals surface area contributed by atoms with Gasteiger partial charge in [0.2, 0.25) is 0 Å². The van der Waals surface area contributed by atoms with Crippen LogP contribution in [0.1, 0.15) is 32.1 Å². The van der Waals surface area contributed by atoms with Gasteiger partial charge < -0.3 is 20.4 Å². The van der Waals surface area contributed by atoms with Gasteiger partial charge in [-0.3, -0.25) is 0 Å². The van der Waals surface area contributed by atoms with Gasteiger partial charge in [0.05, 0.1) is 0 Å². The van der Waals surface area contributed by atoms with Crippen molar-refractivity contribution < 1.29 is 19.8 Å². The van der Waals surface area contributed by atoms with Crippen molar-refractivity contribution in [3.8, 4) is 0 Å². The van der Waals surface area contributed by atoms with Crippen LogP contribution in [0.25, 0.3) is 0 Å². The molecule has 6 heteroatoms. The molecule has 0 aromatic carbocycles. The van der Waals surface area contributed by atoms with Gasteiger partial charge >= 0.3 is 12.0 Å². The molecule has 1 heterocycles. The fourth-order valence-electron chi connectivity index (χ4n) is 2.55. The summed E-state index contributed by atoms with van der Waals surface area (Å²) in [5, 5.41) is 20.9. The first kappa shape index (κ1) is 14.1. The van der Waals surface area contributed by atoms with Crippen LogP contribution in [0, 0.1) is 11.8 Å². The maximum Gasteiger partial charge on any atom is 0.326 e. The molecule has 108 valence electrons. The van der Waals surface area contributed by atoms with Crippen molar-refractivity contribution in [3.63, 3.8) is 0 Å². The second kappa shape index (κ2) is 6.23. The first-order valence-electron chi connectivity index (χ1n) is 6.99. The minimum absolute atomic E-state index is 0.0776. The van der Waals surface area contributed by atoms with Crippen molar-refractivity contribution in [2.75, 3.05) is 19.7 Å². The molecule has 2 atom stereocenters. The molecule has 0 aromatic heterocycles. The summed E-state index contributed by atoms with van der Waals surface area (Å²) < 4.78 is 0. The highest BCUT2D eigenvalue weighted by Crippen LogP contribution is 2.33. The summed E-state index contributed by atoms with van der Waals surface area (Å²) in [4.78, 5) is 24.8. The van der Waals surface area contributed by atoms with Crippen LogP contribution >= 0.6 is 0 Å². The number of hydrogen-bond acceptors (Lipinski definition) is 3. The third-order valence-electron chi connectivity index (χ3n) is 3.93. The summed E-state index contributed by atoms with van der Waals surface area (Å²) in [5.41, 5.74) is 0. The van der Waals surface area contributed by atoms with E-state index in [-0.39, 0.29) is 18.6 Å². The molecule has 1 saturated heterocycles. The van der Waals surface area contributed by atoms with Gasteiger partial charge in [0.1, 0.15) is 6.04 Å². The third kappa shape index (κ3) is 4.09. The maximum atomic E-state index is 12.0. The van der Waals surface area contributed by atoms with Gasteiger partial charge in [-0.1, -0.05) is 12.8 Å². The number of likely N-dealkylation sites (tertiary alicyclic amines) is 1. The van der Waals surface area contributed by atoms with E-state index in [1.807, 2.05) is 0 Å². The van der Waals surface area contributed by atoms with Gasteiger partial charge in [-0.25, -0.2) is 9.59 Å². The molecule has 3 N–H and O–H groups in total. The number of amides is 2. The Bertz CT molecular complexity index is 344. The van der Waals surface area contributed by atoms with E-state index in [9.17, 15) is 9.59 Å². The summed E-state index contributed by atoms with van der Waals surface area (Å²) in [5.74, 6) is -0.393. The van der Waals surface area contributed by atoms with Crippen molar-refractivity contribution in [2.45, 2.75) is 38.1 Å². The van der Waals surface area contributed by atoms with Crippen LogP contribution in [0.3, 0.4) is 0 Å². The van der Waals surface area contributed by atoms with Crippen molar-refractivity contribution in [3.05, 3.63) is 0 Å². The number of piperidine rings is 1. The van der Waals surface area contributed by atoms with Crippen LogP contribution in [0.2, 0.25) is 0 Å². The highest BCUT2D eigenvalue weighted by atomic mass is 16.4. The van der Waals surface area contributed by atoms with E-state index >= 15 is 0 Å². The Kier molecular flexibility index (Phi) is 4.63. The summed E-state index contributed by atoms with van der Waals surface area (Å²) in [7, 11) is 0. The lowest BCUT2D eigenvalue weighted by atomic mass is 9.99. The molecule has 6 nitrogen and oxygen atoms in total. The lowest BCUT2D eigenvalue weighted by molar-refractivity contribution is -0.139. The topological polar surface area (TPSA) is 89.9 Å². The van der Waals surface area contributed by atoms with E-state index < -0.39 is 12.0 Å². The molecule has 2 rings (SSSR count). The highest BCUT2D eigenvalue weighted by molar-refractivity contribution is 5.82. The standard InChI is InChI=1S/C13H22N2O4/c16-8-10-2-1-5-15(7-10)13(19)14-11(12(17)18)6-9-3-4-9/h9-11,16H,1-8H2,(H,14,19)(H,17,18). The van der Waals surface area contributed by atoms with Crippen molar-refractivity contribution in [1.29, 1.82) is 0 Å². The molecule has 0 radical (unpaired) electrons. The van der Waals surface area contributed by atoms with E-state index in [1.54, 1.807) is 4.90 Å². The second-order valence-electron chi connectivity index (χ2n) is 5.66. The smallest absolute Gasteiger partial charge is 0.326 e. The molecule has 0 bridgehead atoms. The lowest BCUT2D eigenvalue weighted by Crippen LogP contribution is -2.51. The van der Waals surface area contributed by atoms with Crippen LogP contribution in [0.15, 0.2) is 0 Å². The largest absolute Gasteiger partial charge is 0.480 e. The lowest BCUT2D eigenvalue weighted by Gasteiger charge is -2.32. The molecule has 2 fully saturated rings. The van der Waals surface area contributed by atoms with Crippen LogP contribution in [0.5, 0.6) is 0 Å². The molecule has 1 aliphatic heterocycles. The zero-order chi connectivity index (χ0) is 13.8. The summed E-state index contributed by atoms with van der Waals surface area (Å²) in [6.45, 7) is 1.23. The Morgan fingerprint density at radius 3 is 2.58 bits per heavy atom. The first-order chi connectivity index (χ1) is 9.10. The number of aliphatic hydroxyl groups excluding tert-OH is 1. The molecule has 2 unspecified atom stereocenters. The van der Waals surface area contributed by atoms with Gasteiger partial charge in [0.25, 0.3) is 0 Å². The van der Waals surface area contributed by atoms with Crippen molar-refractivity contribution >= 4 is 12.0 Å². The van der Waals surface area contributed by atoms with Crippen LogP contribution < -0.4 is 5.32 Å². The molecular weight excluding hydrogens is 248 g/mol. The Morgan fingerprint density at radius 2 is 2.00 bits per heavy atom. The zero-order valence-electron chi connectivity index (χ0n) is 11.0. The van der Waals surface area contributed by atoms with Crippen LogP contribution in [-0.4, -0.2) is 52.9 Å². The molecule has 0 aromatic rings. The number of nitrogens with zero attached hydrogens (tertiary/aromatic N) is 1. The fraction of sp³-hybridized carbons (Fsp3) is 0.846. The average molecular weight is 270 g/mol. The minimum atomic E-state index is -0.962. The SMILES string of the molecule is O=C(O)C(CC1CC1)NC(=O)N1CCCC(CO)C1. The number of nitrogens with one attached hydrogen (secondary N) is 1. The van der Waals surface area contributed by atoms with Gasteiger partial charge in [-0.05, 0) is 31.1 Å². The van der Waals surface area contributed by atoms with Crippen molar-refractivity contribution in [1.82, 2.24) is 10.2 Å². The molecule has 1 saturated carbocycles. The van der Waals surface area contributed by atoms with E-state index in [4.69, 9.17) is 10.2 Å². The number of carboxylic acids is 1. The monoisotopic (exact) mass is 270 g/mol. The van der Waals surface area contributed by atoms with Crippen LogP contribution in [0.4, 0.5) is 4.79 Å². The van der Waals surface area contributed by atoms with Gasteiger partial charge in [-0.2, -0.15) is 0 Å². The number of urea groups is 1. The molecule has 1 aliphatic carbocycles. The Balaban J connectivity index is 1.85. The molecule has 2 aliphatic rings. The number of hydrogen-bond donors (Lipinski definition) is 3. The fourth-order valence-corrected chi connectivity index (χ4v) is 2.55. The molecule has 19 heavy (non-hydrogen) atoms. The van der Waals surface area contributed by atoms with Crippen molar-refractivity contribution in [2.24, 2.45) is 11.8 Å². The number of aliphatic carboxylic acids is 1. The number of carbonyl (C=O) groups excluding carboxylic acids is 1. The van der Waals surface area contributed by atoms with E-state index in [1.165, 1.54) is 0 Å². The first-order valence-corrected chi connectivity index (χ1v) is 6.99. The van der Waals surface area contributed by atoms with Gasteiger partial charge in [0.15, 0.2) is 0 Å². The summed E-state index contributed by atoms with van der Waals surface area (Å²) in [6.07, 6.45) is 4.44. The zero-order valence-corrected chi connectivity index (χ0v) is 11.0. The van der Waals surface area contributed by atoms with E-state index in [0.29, 0.717) is 25.4 Å². The van der Waals surface area contributed by atoms with Gasteiger partial charge in [-0.15, -0.1) is 0 Å². The maximum absolute atomic E-state index is 12.0. The number of carboxylic acid groups (broad SMARTS) is 1. The number of aliphatic hydroxyl groups is 1. The quantitative estimate of drug-likeness (QED) is 0.684. The summed E-state index contributed by atoms with van der Waals surface area (Å²) in [6, 6.07) is -1.10. The molecular formula is C13H22N2O4. The minimum Gasteiger partial charge on any atom is -0.480 e. The Labute approximate surface area is 112 Å². The van der Waals surface area contributed by atoms with Crippen LogP contribution in [-0.2, 0) is 4.79 Å². The predicted octanol–water partition coefficient (Wildman–Crippen LogP) is 0.654. The molecule has 0 spiro atoms. The number of carbonyl (C=O) groups is 2. The van der Waals surface area contributed by atoms with Gasteiger partial charge in [0, 0.05) is 19.7 Å². The van der Waals surface area contributed by atoms with E-state index in [2.05, 4.69) is 5.32 Å². The average Bonchev–Trinajstić information content (AvgIpc) is 3.21. The second-order valence-corrected chi connectivity index (χ2v) is 5.66. The predicted molar refractivity (Wildman–Crippen MR) is 68.7 cm³/mol. The highest BCUT2D eigenvalue weighted by Gasteiger charge is 2.32. The normalized spacial score (nSPS) is 24.9. The summed E-state index contributed by atoms with van der Waals surface area (Å²) >= 11 is 0. The van der Waals surface area contributed by atoms with E-state index in [0.717, 1.165) is 25.7 Å². The third-order valence-corrected chi connectivity index (χ3v) is 3.93. The number of rotatable bonds is 5. The Morgan fingerprint density at radius 1 is 1.26 bits per heavy atom.